The second-order valence-electron chi connectivity index (χ2n) is 6.01. The van der Waals surface area contributed by atoms with Gasteiger partial charge in [-0.25, -0.2) is 9.89 Å². The first-order chi connectivity index (χ1) is 11.1. The summed E-state index contributed by atoms with van der Waals surface area (Å²) < 4.78 is 0. The normalized spacial score (nSPS) is 17.4. The Morgan fingerprint density at radius 2 is 2.17 bits per heavy atom. The summed E-state index contributed by atoms with van der Waals surface area (Å²) >= 11 is 0. The van der Waals surface area contributed by atoms with Crippen molar-refractivity contribution < 1.29 is 4.79 Å². The van der Waals surface area contributed by atoms with E-state index in [1.165, 1.54) is 5.69 Å². The fourth-order valence-electron chi connectivity index (χ4n) is 3.01. The molecule has 0 spiro atoms. The van der Waals surface area contributed by atoms with Crippen LogP contribution in [0.5, 0.6) is 0 Å². The maximum Gasteiger partial charge on any atom is 0.340 e. The topological polar surface area (TPSA) is 85.1 Å². The molecule has 23 heavy (non-hydrogen) atoms. The molecule has 7 nitrogen and oxygen atoms in total. The number of hydrogen-bond donors (Lipinski definition) is 2. The van der Waals surface area contributed by atoms with Gasteiger partial charge in [-0.2, -0.15) is 5.10 Å². The maximum atomic E-state index is 12.2. The molecule has 1 fully saturated rings. The summed E-state index contributed by atoms with van der Waals surface area (Å²) in [7, 11) is 1.80. The number of para-hydroxylation sites is 1. The van der Waals surface area contributed by atoms with Gasteiger partial charge in [-0.1, -0.05) is 18.2 Å². The Morgan fingerprint density at radius 1 is 1.39 bits per heavy atom. The van der Waals surface area contributed by atoms with Gasteiger partial charge in [0, 0.05) is 32.4 Å². The first kappa shape index (κ1) is 15.3. The summed E-state index contributed by atoms with van der Waals surface area (Å²) in [5.74, 6) is 0.803. The third kappa shape index (κ3) is 3.80. The Bertz CT molecular complexity index is 709. The number of rotatable bonds is 5. The van der Waals surface area contributed by atoms with Crippen LogP contribution in [0, 0.1) is 5.92 Å². The van der Waals surface area contributed by atoms with E-state index in [0.717, 1.165) is 26.1 Å². The molecule has 0 radical (unpaired) electrons. The summed E-state index contributed by atoms with van der Waals surface area (Å²) in [6, 6.07) is 10.3. The zero-order valence-corrected chi connectivity index (χ0v) is 13.2. The standard InChI is InChI=1S/C16H21N5O2/c1-20(15(22)9-14-17-16(23)19-18-14)10-12-7-8-21(11-12)13-5-3-2-4-6-13/h2-6,12H,7-11H2,1H3,(H2,17,18,19,23)/t12-/m1/s1. The lowest BCUT2D eigenvalue weighted by atomic mass is 10.1. The monoisotopic (exact) mass is 315 g/mol. The van der Waals surface area contributed by atoms with Gasteiger partial charge in [0.1, 0.15) is 5.82 Å². The molecule has 0 unspecified atom stereocenters. The van der Waals surface area contributed by atoms with Crippen molar-refractivity contribution in [2.45, 2.75) is 12.8 Å². The van der Waals surface area contributed by atoms with Gasteiger partial charge >= 0.3 is 5.69 Å². The average molecular weight is 315 g/mol. The summed E-state index contributed by atoms with van der Waals surface area (Å²) in [5, 5.41) is 6.04. The first-order valence-electron chi connectivity index (χ1n) is 7.79. The molecule has 1 aromatic heterocycles. The predicted molar refractivity (Wildman–Crippen MR) is 87.3 cm³/mol. The van der Waals surface area contributed by atoms with E-state index in [4.69, 9.17) is 0 Å². The zero-order valence-electron chi connectivity index (χ0n) is 13.2. The molecule has 1 aromatic carbocycles. The number of carbonyl (C=O) groups is 1. The van der Waals surface area contributed by atoms with Crippen LogP contribution in [0.1, 0.15) is 12.2 Å². The van der Waals surface area contributed by atoms with E-state index >= 15 is 0 Å². The molecule has 1 aliphatic rings. The van der Waals surface area contributed by atoms with Crippen LogP contribution in [-0.4, -0.2) is 52.7 Å². The van der Waals surface area contributed by atoms with Gasteiger partial charge in [0.2, 0.25) is 5.91 Å². The minimum absolute atomic E-state index is 0.0362. The quantitative estimate of drug-likeness (QED) is 0.847. The van der Waals surface area contributed by atoms with Crippen LogP contribution in [0.15, 0.2) is 35.1 Å². The summed E-state index contributed by atoms with van der Waals surface area (Å²) in [6.07, 6.45) is 1.19. The second kappa shape index (κ2) is 6.68. The highest BCUT2D eigenvalue weighted by atomic mass is 16.2. The Hall–Kier alpha value is -2.57. The van der Waals surface area contributed by atoms with E-state index in [2.05, 4.69) is 32.2 Å². The molecule has 2 heterocycles. The highest BCUT2D eigenvalue weighted by Gasteiger charge is 2.25. The fraction of sp³-hybridized carbons (Fsp3) is 0.438. The minimum Gasteiger partial charge on any atom is -0.371 e. The molecule has 122 valence electrons. The third-order valence-corrected chi connectivity index (χ3v) is 4.23. The summed E-state index contributed by atoms with van der Waals surface area (Å²) in [5.41, 5.74) is 0.850. The molecule has 2 aromatic rings. The molecule has 0 bridgehead atoms. The lowest BCUT2D eigenvalue weighted by Crippen LogP contribution is -2.34. The molecule has 3 rings (SSSR count). The van der Waals surface area contributed by atoms with Crippen LogP contribution >= 0.6 is 0 Å². The molecule has 0 aliphatic carbocycles. The maximum absolute atomic E-state index is 12.2. The molecular weight excluding hydrogens is 294 g/mol. The zero-order chi connectivity index (χ0) is 16.2. The van der Waals surface area contributed by atoms with E-state index in [9.17, 15) is 9.59 Å². The Morgan fingerprint density at radius 3 is 2.87 bits per heavy atom. The molecule has 1 aliphatic heterocycles. The van der Waals surface area contributed by atoms with E-state index in [1.54, 1.807) is 11.9 Å². The summed E-state index contributed by atoms with van der Waals surface area (Å²) in [6.45, 7) is 2.70. The Labute approximate surface area is 134 Å². The second-order valence-corrected chi connectivity index (χ2v) is 6.01. The lowest BCUT2D eigenvalue weighted by Gasteiger charge is -2.22. The first-order valence-corrected chi connectivity index (χ1v) is 7.79. The Balaban J connectivity index is 1.51. The Kier molecular flexibility index (Phi) is 4.45. The van der Waals surface area contributed by atoms with Crippen LogP contribution in [0.3, 0.4) is 0 Å². The highest BCUT2D eigenvalue weighted by molar-refractivity contribution is 5.77. The number of hydrogen-bond acceptors (Lipinski definition) is 4. The van der Waals surface area contributed by atoms with Gasteiger partial charge < -0.3 is 9.80 Å². The highest BCUT2D eigenvalue weighted by Crippen LogP contribution is 2.23. The number of carbonyl (C=O) groups excluding carboxylic acids is 1. The predicted octanol–water partition coefficient (Wildman–Crippen LogP) is 0.625. The smallest absolute Gasteiger partial charge is 0.340 e. The number of likely N-dealkylation sites (N-methyl/N-ethyl adjacent to an activating group) is 1. The number of amides is 1. The molecular formula is C16H21N5O2. The minimum atomic E-state index is -0.384. The molecule has 2 N–H and O–H groups in total. The van der Waals surface area contributed by atoms with Crippen molar-refractivity contribution in [2.24, 2.45) is 5.92 Å². The fourth-order valence-corrected chi connectivity index (χ4v) is 3.01. The number of nitrogens with zero attached hydrogens (tertiary/aromatic N) is 3. The van der Waals surface area contributed by atoms with Crippen molar-refractivity contribution in [3.8, 4) is 0 Å². The number of H-pyrrole nitrogens is 2. The average Bonchev–Trinajstić information content (AvgIpc) is 3.17. The van der Waals surface area contributed by atoms with Gasteiger partial charge in [-0.3, -0.25) is 9.78 Å². The molecule has 1 saturated heterocycles. The van der Waals surface area contributed by atoms with Crippen molar-refractivity contribution in [3.63, 3.8) is 0 Å². The van der Waals surface area contributed by atoms with Crippen LogP contribution in [0.25, 0.3) is 0 Å². The van der Waals surface area contributed by atoms with Crippen molar-refractivity contribution in [3.05, 3.63) is 46.6 Å². The van der Waals surface area contributed by atoms with Crippen LogP contribution in [-0.2, 0) is 11.2 Å². The van der Waals surface area contributed by atoms with Gasteiger partial charge in [0.05, 0.1) is 6.42 Å². The van der Waals surface area contributed by atoms with Crippen molar-refractivity contribution in [2.75, 3.05) is 31.6 Å². The van der Waals surface area contributed by atoms with E-state index in [1.807, 2.05) is 18.2 Å². The van der Waals surface area contributed by atoms with Gasteiger partial charge in [0.15, 0.2) is 0 Å². The summed E-state index contributed by atoms with van der Waals surface area (Å²) in [4.78, 5) is 29.8. The van der Waals surface area contributed by atoms with Crippen molar-refractivity contribution >= 4 is 11.6 Å². The van der Waals surface area contributed by atoms with Crippen molar-refractivity contribution in [1.29, 1.82) is 0 Å². The molecule has 1 atom stereocenters. The number of anilines is 1. The molecule has 1 amide bonds. The SMILES string of the molecule is CN(C[C@H]1CCN(c2ccccc2)C1)C(=O)Cc1n[nH]c(=O)[nH]1. The lowest BCUT2D eigenvalue weighted by molar-refractivity contribution is -0.129. The van der Waals surface area contributed by atoms with Crippen LogP contribution in [0.2, 0.25) is 0 Å². The van der Waals surface area contributed by atoms with Crippen molar-refractivity contribution in [1.82, 2.24) is 20.1 Å². The van der Waals surface area contributed by atoms with Gasteiger partial charge in [-0.15, -0.1) is 0 Å². The van der Waals surface area contributed by atoms with E-state index < -0.39 is 0 Å². The number of aromatic nitrogens is 3. The number of nitrogens with one attached hydrogen (secondary N) is 2. The van der Waals surface area contributed by atoms with Crippen LogP contribution in [0.4, 0.5) is 5.69 Å². The van der Waals surface area contributed by atoms with E-state index in [-0.39, 0.29) is 18.0 Å². The van der Waals surface area contributed by atoms with E-state index in [0.29, 0.717) is 11.7 Å². The number of aromatic amines is 2. The van der Waals surface area contributed by atoms with Gasteiger partial charge in [0.25, 0.3) is 0 Å². The molecule has 7 heteroatoms. The van der Waals surface area contributed by atoms with Crippen LogP contribution < -0.4 is 10.6 Å². The number of benzene rings is 1. The largest absolute Gasteiger partial charge is 0.371 e. The third-order valence-electron chi connectivity index (χ3n) is 4.23. The van der Waals surface area contributed by atoms with Gasteiger partial charge in [-0.05, 0) is 24.5 Å². The molecule has 0 saturated carbocycles.